The summed E-state index contributed by atoms with van der Waals surface area (Å²) in [5, 5.41) is 1.35. The van der Waals surface area contributed by atoms with Gasteiger partial charge in [-0.05, 0) is 29.7 Å². The number of hydrogen-bond acceptors (Lipinski definition) is 1. The minimum atomic E-state index is -1.64. The van der Waals surface area contributed by atoms with Crippen molar-refractivity contribution < 1.29 is 0 Å². The molecule has 0 aliphatic rings. The van der Waals surface area contributed by atoms with Crippen LogP contribution in [0.25, 0.3) is 0 Å². The lowest BCUT2D eigenvalue weighted by molar-refractivity contribution is 1.37. The van der Waals surface area contributed by atoms with Crippen molar-refractivity contribution in [3.8, 4) is 0 Å². The molecule has 0 heterocycles. The van der Waals surface area contributed by atoms with Crippen LogP contribution in [0.3, 0.4) is 0 Å². The molecule has 22 heavy (non-hydrogen) atoms. The molecule has 0 bridgehead atoms. The van der Waals surface area contributed by atoms with Crippen LogP contribution in [0.1, 0.15) is 5.56 Å². The number of benzene rings is 3. The zero-order valence-electron chi connectivity index (χ0n) is 12.8. The second-order valence-corrected chi connectivity index (χ2v) is 8.87. The van der Waals surface area contributed by atoms with E-state index in [2.05, 4.69) is 91.6 Å². The third-order valence-corrected chi connectivity index (χ3v) is 6.80. The van der Waals surface area contributed by atoms with Crippen molar-refractivity contribution in [2.24, 2.45) is 4.74 Å². The molecule has 0 aliphatic carbocycles. The molecule has 0 amide bonds. The maximum atomic E-state index is 5.17. The molecule has 1 nitrogen and oxygen atoms in total. The van der Waals surface area contributed by atoms with Crippen molar-refractivity contribution in [3.05, 3.63) is 96.6 Å². The van der Waals surface area contributed by atoms with Gasteiger partial charge in [0.2, 0.25) is 0 Å². The van der Waals surface area contributed by atoms with E-state index in [0.29, 0.717) is 0 Å². The Morgan fingerprint density at radius 1 is 0.682 bits per heavy atom. The molecule has 0 radical (unpaired) electrons. The molecule has 0 saturated heterocycles. The third kappa shape index (κ3) is 3.55. The molecular weight excluding hydrogens is 285 g/mol. The largest absolute Gasteiger partial charge is 0.263 e. The van der Waals surface area contributed by atoms with Gasteiger partial charge in [-0.25, -0.2) is 0 Å². The molecule has 1 atom stereocenters. The monoisotopic (exact) mass is 305 g/mol. The number of nitrogens with zero attached hydrogens (tertiary/aromatic N) is 1. The van der Waals surface area contributed by atoms with Gasteiger partial charge >= 0.3 is 0 Å². The highest BCUT2D eigenvalue weighted by Crippen LogP contribution is 2.50. The van der Waals surface area contributed by atoms with Crippen molar-refractivity contribution in [2.75, 3.05) is 6.66 Å². The average Bonchev–Trinajstić information content (AvgIpc) is 2.57. The highest BCUT2D eigenvalue weighted by Gasteiger charge is 2.16. The Morgan fingerprint density at radius 3 is 1.77 bits per heavy atom. The van der Waals surface area contributed by atoms with Crippen LogP contribution >= 0.6 is 7.05 Å². The normalized spacial score (nSPS) is 13.3. The molecule has 0 aromatic heterocycles. The Kier molecular flexibility index (Phi) is 4.56. The molecule has 0 aliphatic heterocycles. The van der Waals surface area contributed by atoms with Crippen molar-refractivity contribution in [1.82, 2.24) is 0 Å². The van der Waals surface area contributed by atoms with Crippen molar-refractivity contribution in [1.29, 1.82) is 0 Å². The molecule has 1 unspecified atom stereocenters. The van der Waals surface area contributed by atoms with Crippen LogP contribution in [0, 0.1) is 0 Å². The minimum Gasteiger partial charge on any atom is -0.263 e. The minimum absolute atomic E-state index is 0.993. The van der Waals surface area contributed by atoms with E-state index >= 15 is 0 Å². The quantitative estimate of drug-likeness (QED) is 0.550. The lowest BCUT2D eigenvalue weighted by atomic mass is 10.2. The Bertz CT molecular complexity index is 765. The first kappa shape index (κ1) is 14.8. The Balaban J connectivity index is 2.08. The predicted molar refractivity (Wildman–Crippen MR) is 97.6 cm³/mol. The van der Waals surface area contributed by atoms with Crippen LogP contribution in [0.15, 0.2) is 95.7 Å². The smallest absolute Gasteiger partial charge is 0.0617 e. The van der Waals surface area contributed by atoms with E-state index in [0.717, 1.165) is 11.8 Å². The van der Waals surface area contributed by atoms with Gasteiger partial charge in [0, 0.05) is 13.2 Å². The summed E-state index contributed by atoms with van der Waals surface area (Å²) < 4.78 is 5.17. The Hall–Kier alpha value is -2.11. The number of rotatable bonds is 4. The van der Waals surface area contributed by atoms with E-state index in [9.17, 15) is 0 Å². The Labute approximate surface area is 132 Å². The first-order chi connectivity index (χ1) is 10.8. The molecule has 3 aromatic carbocycles. The summed E-state index contributed by atoms with van der Waals surface area (Å²) in [5.74, 6) is 0. The van der Waals surface area contributed by atoms with Gasteiger partial charge in [-0.2, -0.15) is 0 Å². The molecule has 0 N–H and O–H groups in total. The van der Waals surface area contributed by atoms with Gasteiger partial charge in [-0.3, -0.25) is 4.74 Å². The average molecular weight is 305 g/mol. The standard InChI is InChI=1S/C20H20NP/c1-22(20-15-9-4-10-16-20,17-18-11-5-2-6-12-18)21-19-13-7-3-8-14-19/h2-16H,17H2,1H3. The summed E-state index contributed by atoms with van der Waals surface area (Å²) in [6, 6.07) is 31.7. The van der Waals surface area contributed by atoms with Gasteiger partial charge in [-0.15, -0.1) is 0 Å². The van der Waals surface area contributed by atoms with Gasteiger partial charge in [0.05, 0.1) is 5.69 Å². The van der Waals surface area contributed by atoms with Gasteiger partial charge in [0.1, 0.15) is 0 Å². The van der Waals surface area contributed by atoms with E-state index in [-0.39, 0.29) is 0 Å². The van der Waals surface area contributed by atoms with E-state index in [1.54, 1.807) is 0 Å². The molecule has 110 valence electrons. The molecule has 0 fully saturated rings. The fraction of sp³-hybridized carbons (Fsp3) is 0.100. The summed E-state index contributed by atoms with van der Waals surface area (Å²) in [5.41, 5.74) is 2.42. The van der Waals surface area contributed by atoms with Gasteiger partial charge < -0.3 is 0 Å². The summed E-state index contributed by atoms with van der Waals surface area (Å²) in [6.07, 6.45) is 0.993. The lowest BCUT2D eigenvalue weighted by Gasteiger charge is -2.21. The molecular formula is C20H20NP. The van der Waals surface area contributed by atoms with Crippen molar-refractivity contribution >= 4 is 18.0 Å². The first-order valence-electron chi connectivity index (χ1n) is 7.50. The van der Waals surface area contributed by atoms with E-state index in [1.807, 2.05) is 6.07 Å². The SMILES string of the molecule is CP(Cc1ccccc1)(=Nc1ccccc1)c1ccccc1. The summed E-state index contributed by atoms with van der Waals surface area (Å²) in [6.45, 7) is 2.32. The van der Waals surface area contributed by atoms with Crippen LogP contribution in [0.4, 0.5) is 5.69 Å². The first-order valence-corrected chi connectivity index (χ1v) is 9.87. The van der Waals surface area contributed by atoms with Crippen LogP contribution in [-0.4, -0.2) is 6.66 Å². The molecule has 0 saturated carbocycles. The summed E-state index contributed by atoms with van der Waals surface area (Å²) in [4.78, 5) is 0. The van der Waals surface area contributed by atoms with Crippen molar-refractivity contribution in [3.63, 3.8) is 0 Å². The molecule has 2 heteroatoms. The highest BCUT2D eigenvalue weighted by molar-refractivity contribution is 7.72. The van der Waals surface area contributed by atoms with Gasteiger partial charge in [0.15, 0.2) is 0 Å². The topological polar surface area (TPSA) is 12.4 Å². The van der Waals surface area contributed by atoms with E-state index < -0.39 is 7.05 Å². The maximum absolute atomic E-state index is 5.17. The Morgan fingerprint density at radius 2 is 1.18 bits per heavy atom. The van der Waals surface area contributed by atoms with E-state index in [1.165, 1.54) is 10.9 Å². The second-order valence-electron chi connectivity index (χ2n) is 5.55. The highest BCUT2D eigenvalue weighted by atomic mass is 31.2. The second kappa shape index (κ2) is 6.77. The number of hydrogen-bond donors (Lipinski definition) is 0. The van der Waals surface area contributed by atoms with Crippen molar-refractivity contribution in [2.45, 2.75) is 6.16 Å². The zero-order chi connectivity index (χ0) is 15.3. The van der Waals surface area contributed by atoms with Crippen LogP contribution in [0.2, 0.25) is 0 Å². The summed E-state index contributed by atoms with van der Waals surface area (Å²) in [7, 11) is -1.64. The third-order valence-electron chi connectivity index (χ3n) is 3.74. The predicted octanol–water partition coefficient (Wildman–Crippen LogP) is 5.67. The van der Waals surface area contributed by atoms with Crippen LogP contribution in [0.5, 0.6) is 0 Å². The van der Waals surface area contributed by atoms with Gasteiger partial charge in [0.25, 0.3) is 0 Å². The summed E-state index contributed by atoms with van der Waals surface area (Å²) >= 11 is 0. The fourth-order valence-electron chi connectivity index (χ4n) is 2.62. The van der Waals surface area contributed by atoms with Gasteiger partial charge in [-0.1, -0.05) is 78.9 Å². The zero-order valence-corrected chi connectivity index (χ0v) is 13.7. The fourth-order valence-corrected chi connectivity index (χ4v) is 5.37. The van der Waals surface area contributed by atoms with Crippen LogP contribution < -0.4 is 5.30 Å². The van der Waals surface area contributed by atoms with Crippen LogP contribution in [-0.2, 0) is 6.16 Å². The molecule has 3 aromatic rings. The molecule has 0 spiro atoms. The lowest BCUT2D eigenvalue weighted by Crippen LogP contribution is -2.05. The van der Waals surface area contributed by atoms with E-state index in [4.69, 9.17) is 4.74 Å². The molecule has 3 rings (SSSR count). The maximum Gasteiger partial charge on any atom is 0.0617 e.